The maximum Gasteiger partial charge on any atom is 0.290 e. The lowest BCUT2D eigenvalue weighted by Crippen LogP contribution is -2.55. The summed E-state index contributed by atoms with van der Waals surface area (Å²) in [5.41, 5.74) is 2.94. The lowest BCUT2D eigenvalue weighted by molar-refractivity contribution is -0.122. The van der Waals surface area contributed by atoms with Crippen LogP contribution in [0.15, 0.2) is 48.5 Å². The van der Waals surface area contributed by atoms with Crippen LogP contribution in [0, 0.1) is 0 Å². The Kier molecular flexibility index (Phi) is 8.06. The molecule has 1 aliphatic carbocycles. The Morgan fingerprint density at radius 2 is 1.42 bits per heavy atom. The predicted octanol–water partition coefficient (Wildman–Crippen LogP) is 4.29. The molecule has 31 heavy (non-hydrogen) atoms. The highest BCUT2D eigenvalue weighted by Gasteiger charge is 2.40. The zero-order chi connectivity index (χ0) is 22.1. The minimum Gasteiger partial charge on any atom is -0.508 e. The van der Waals surface area contributed by atoms with Crippen molar-refractivity contribution in [2.45, 2.75) is 50.5 Å². The van der Waals surface area contributed by atoms with Crippen LogP contribution in [-0.2, 0) is 4.79 Å². The van der Waals surface area contributed by atoms with Crippen molar-refractivity contribution < 1.29 is 19.8 Å². The van der Waals surface area contributed by atoms with Gasteiger partial charge in [0.2, 0.25) is 0 Å². The maximum absolute atomic E-state index is 12.8. The van der Waals surface area contributed by atoms with E-state index < -0.39 is 0 Å². The van der Waals surface area contributed by atoms with Crippen molar-refractivity contribution in [2.75, 3.05) is 19.6 Å². The fourth-order valence-electron chi connectivity index (χ4n) is 4.82. The van der Waals surface area contributed by atoms with Gasteiger partial charge < -0.3 is 15.5 Å². The average molecular weight is 425 g/mol. The molecule has 0 spiro atoms. The predicted molar refractivity (Wildman–Crippen MR) is 121 cm³/mol. The van der Waals surface area contributed by atoms with Gasteiger partial charge in [0.1, 0.15) is 5.75 Å². The van der Waals surface area contributed by atoms with Crippen molar-refractivity contribution in [1.82, 2.24) is 10.2 Å². The van der Waals surface area contributed by atoms with Gasteiger partial charge in [-0.3, -0.25) is 14.5 Å². The van der Waals surface area contributed by atoms with Crippen molar-refractivity contribution in [2.24, 2.45) is 0 Å². The zero-order valence-corrected chi connectivity index (χ0v) is 17.9. The number of amides is 1. The van der Waals surface area contributed by atoms with Crippen molar-refractivity contribution in [3.05, 3.63) is 54.1 Å². The fraction of sp³-hybridized carbons (Fsp3) is 0.440. The SMILES string of the molecule is O=C(NCC1(N2CCCCC2)CCCC1)c1ccc(-c2ccc(O)cc2)cc1.O=CO. The van der Waals surface area contributed by atoms with Crippen LogP contribution in [0.4, 0.5) is 0 Å². The van der Waals surface area contributed by atoms with Crippen molar-refractivity contribution in [3.8, 4) is 16.9 Å². The van der Waals surface area contributed by atoms with E-state index in [-0.39, 0.29) is 23.7 Å². The molecule has 2 aliphatic rings. The molecule has 2 aromatic rings. The summed E-state index contributed by atoms with van der Waals surface area (Å²) in [6.45, 7) is 2.86. The molecule has 0 unspecified atom stereocenters. The number of benzene rings is 2. The van der Waals surface area contributed by atoms with Gasteiger partial charge in [-0.25, -0.2) is 0 Å². The van der Waals surface area contributed by atoms with Crippen LogP contribution in [-0.4, -0.2) is 52.7 Å². The third-order valence-electron chi connectivity index (χ3n) is 6.49. The summed E-state index contributed by atoms with van der Waals surface area (Å²) in [7, 11) is 0. The van der Waals surface area contributed by atoms with Crippen LogP contribution in [0.25, 0.3) is 11.1 Å². The number of rotatable bonds is 5. The van der Waals surface area contributed by atoms with Crippen LogP contribution < -0.4 is 5.32 Å². The summed E-state index contributed by atoms with van der Waals surface area (Å²) in [6.07, 6.45) is 8.86. The average Bonchev–Trinajstić information content (AvgIpc) is 3.30. The van der Waals surface area contributed by atoms with E-state index >= 15 is 0 Å². The number of carbonyl (C=O) groups is 2. The number of likely N-dealkylation sites (tertiary alicyclic amines) is 1. The molecule has 0 radical (unpaired) electrons. The second-order valence-electron chi connectivity index (χ2n) is 8.39. The van der Waals surface area contributed by atoms with Gasteiger partial charge in [-0.2, -0.15) is 0 Å². The number of hydrogen-bond acceptors (Lipinski definition) is 4. The van der Waals surface area contributed by atoms with E-state index in [2.05, 4.69) is 10.2 Å². The van der Waals surface area contributed by atoms with E-state index in [4.69, 9.17) is 9.90 Å². The minimum atomic E-state index is -0.250. The molecule has 0 atom stereocenters. The summed E-state index contributed by atoms with van der Waals surface area (Å²) in [5.74, 6) is 0.273. The summed E-state index contributed by atoms with van der Waals surface area (Å²) in [6, 6.07) is 14.8. The Labute approximate surface area is 183 Å². The molecule has 4 rings (SSSR count). The van der Waals surface area contributed by atoms with Crippen LogP contribution in [0.2, 0.25) is 0 Å². The third-order valence-corrected chi connectivity index (χ3v) is 6.49. The quantitative estimate of drug-likeness (QED) is 0.623. The number of aromatic hydroxyl groups is 1. The Morgan fingerprint density at radius 3 is 1.97 bits per heavy atom. The van der Waals surface area contributed by atoms with Gasteiger partial charge in [-0.1, -0.05) is 43.5 Å². The largest absolute Gasteiger partial charge is 0.508 e. The summed E-state index contributed by atoms with van der Waals surface area (Å²) >= 11 is 0. The molecule has 0 bridgehead atoms. The minimum absolute atomic E-state index is 0.0144. The molecular formula is C25H32N2O4. The van der Waals surface area contributed by atoms with Crippen LogP contribution >= 0.6 is 0 Å². The first-order chi connectivity index (χ1) is 15.1. The lowest BCUT2D eigenvalue weighted by atomic mass is 9.92. The molecule has 1 saturated heterocycles. The molecule has 166 valence electrons. The van der Waals surface area contributed by atoms with E-state index in [1.165, 1.54) is 58.0 Å². The standard InChI is InChI=1S/C24H30N2O2.CH2O2/c27-22-12-10-20(11-13-22)19-6-8-21(9-7-19)23(28)25-18-24(14-2-3-15-24)26-16-4-1-5-17-26;2-1-3/h6-13,27H,1-5,14-18H2,(H,25,28);1H,(H,2,3). The molecule has 1 amide bonds. The number of phenolic OH excluding ortho intramolecular Hbond substituents is 1. The first kappa shape index (κ1) is 22.8. The molecule has 6 nitrogen and oxygen atoms in total. The van der Waals surface area contributed by atoms with Gasteiger partial charge in [0.05, 0.1) is 0 Å². The highest BCUT2D eigenvalue weighted by molar-refractivity contribution is 5.94. The number of carboxylic acid groups (broad SMARTS) is 1. The smallest absolute Gasteiger partial charge is 0.290 e. The Hall–Kier alpha value is -2.86. The fourth-order valence-corrected chi connectivity index (χ4v) is 4.82. The van der Waals surface area contributed by atoms with Crippen LogP contribution in [0.3, 0.4) is 0 Å². The third kappa shape index (κ3) is 5.85. The van der Waals surface area contributed by atoms with Crippen molar-refractivity contribution in [3.63, 3.8) is 0 Å². The molecule has 1 aliphatic heterocycles. The molecule has 2 aromatic carbocycles. The molecule has 6 heteroatoms. The van der Waals surface area contributed by atoms with Gasteiger partial charge in [-0.05, 0) is 74.2 Å². The van der Waals surface area contributed by atoms with E-state index in [0.717, 1.165) is 17.7 Å². The number of hydrogen-bond donors (Lipinski definition) is 3. The number of piperidine rings is 1. The molecule has 0 aromatic heterocycles. The Bertz CT molecular complexity index is 837. The highest BCUT2D eigenvalue weighted by atomic mass is 16.3. The second-order valence-corrected chi connectivity index (χ2v) is 8.39. The number of nitrogens with one attached hydrogen (secondary N) is 1. The Morgan fingerprint density at radius 1 is 0.903 bits per heavy atom. The normalized spacial score (nSPS) is 17.9. The molecule has 1 saturated carbocycles. The molecular weight excluding hydrogens is 392 g/mol. The summed E-state index contributed by atoms with van der Waals surface area (Å²) in [4.78, 5) is 23.8. The molecule has 3 N–H and O–H groups in total. The number of carbonyl (C=O) groups excluding carboxylic acids is 1. The van der Waals surface area contributed by atoms with E-state index in [0.29, 0.717) is 5.56 Å². The number of nitrogens with zero attached hydrogens (tertiary/aromatic N) is 1. The van der Waals surface area contributed by atoms with E-state index in [1.807, 2.05) is 36.4 Å². The van der Waals surface area contributed by atoms with Crippen molar-refractivity contribution in [1.29, 1.82) is 0 Å². The number of phenols is 1. The molecule has 2 fully saturated rings. The Balaban J connectivity index is 0.000000858. The topological polar surface area (TPSA) is 89.9 Å². The zero-order valence-electron chi connectivity index (χ0n) is 17.9. The lowest BCUT2D eigenvalue weighted by Gasteiger charge is -2.43. The monoisotopic (exact) mass is 424 g/mol. The van der Waals surface area contributed by atoms with E-state index in [9.17, 15) is 9.90 Å². The highest BCUT2D eigenvalue weighted by Crippen LogP contribution is 2.36. The van der Waals surface area contributed by atoms with Gasteiger partial charge in [0.15, 0.2) is 0 Å². The van der Waals surface area contributed by atoms with E-state index in [1.54, 1.807) is 12.1 Å². The summed E-state index contributed by atoms with van der Waals surface area (Å²) < 4.78 is 0. The van der Waals surface area contributed by atoms with Gasteiger partial charge in [0.25, 0.3) is 12.4 Å². The van der Waals surface area contributed by atoms with Gasteiger partial charge in [-0.15, -0.1) is 0 Å². The summed E-state index contributed by atoms with van der Waals surface area (Å²) in [5, 5.41) is 19.5. The first-order valence-electron chi connectivity index (χ1n) is 11.1. The second kappa shape index (κ2) is 11.0. The first-order valence-corrected chi connectivity index (χ1v) is 11.1. The maximum atomic E-state index is 12.8. The van der Waals surface area contributed by atoms with Crippen LogP contribution in [0.1, 0.15) is 55.3 Å². The van der Waals surface area contributed by atoms with Gasteiger partial charge >= 0.3 is 0 Å². The van der Waals surface area contributed by atoms with Gasteiger partial charge in [0, 0.05) is 17.6 Å². The van der Waals surface area contributed by atoms with Crippen molar-refractivity contribution >= 4 is 12.4 Å². The van der Waals surface area contributed by atoms with Crippen LogP contribution in [0.5, 0.6) is 5.75 Å². The molecule has 1 heterocycles.